The number of imidazole rings is 1. The third-order valence-electron chi connectivity index (χ3n) is 3.09. The highest BCUT2D eigenvalue weighted by Gasteiger charge is 2.14. The van der Waals surface area contributed by atoms with E-state index in [1.54, 1.807) is 17.0 Å². The highest BCUT2D eigenvalue weighted by atomic mass is 79.9. The molecular formula is C12H10BrClFN5. The average molecular weight is 359 g/mol. The maximum Gasteiger partial charge on any atom is 0.152 e. The zero-order valence-corrected chi connectivity index (χ0v) is 12.9. The van der Waals surface area contributed by atoms with E-state index in [0.717, 1.165) is 5.82 Å². The number of aromatic nitrogens is 5. The second-order valence-electron chi connectivity index (χ2n) is 4.36. The van der Waals surface area contributed by atoms with E-state index in [-0.39, 0.29) is 11.7 Å². The number of halogens is 3. The van der Waals surface area contributed by atoms with Gasteiger partial charge in [0, 0.05) is 13.1 Å². The van der Waals surface area contributed by atoms with Crippen LogP contribution in [0.5, 0.6) is 0 Å². The van der Waals surface area contributed by atoms with Crippen molar-refractivity contribution >= 4 is 38.6 Å². The standard InChI is InChI=1S/C12H10BrClFN5/c1-19-6-16-18-12(19)5-20-10-3-8(15)7(13)2-9(10)17-11(20)4-14/h2-3,6H,4-5H2,1H3. The van der Waals surface area contributed by atoms with Crippen LogP contribution in [0.2, 0.25) is 0 Å². The average Bonchev–Trinajstić information content (AvgIpc) is 2.96. The molecule has 0 spiro atoms. The van der Waals surface area contributed by atoms with Gasteiger partial charge in [0.25, 0.3) is 0 Å². The normalized spacial score (nSPS) is 11.4. The van der Waals surface area contributed by atoms with Gasteiger partial charge in [0.05, 0.1) is 27.9 Å². The molecule has 8 heteroatoms. The fourth-order valence-electron chi connectivity index (χ4n) is 2.04. The molecule has 0 aliphatic carbocycles. The number of nitrogens with zero attached hydrogens (tertiary/aromatic N) is 5. The number of hydrogen-bond acceptors (Lipinski definition) is 3. The monoisotopic (exact) mass is 357 g/mol. The van der Waals surface area contributed by atoms with Crippen LogP contribution >= 0.6 is 27.5 Å². The summed E-state index contributed by atoms with van der Waals surface area (Å²) in [5.74, 6) is 1.32. The topological polar surface area (TPSA) is 48.5 Å². The summed E-state index contributed by atoms with van der Waals surface area (Å²) in [5, 5.41) is 7.87. The summed E-state index contributed by atoms with van der Waals surface area (Å²) in [4.78, 5) is 4.42. The lowest BCUT2D eigenvalue weighted by Gasteiger charge is -2.07. The van der Waals surface area contributed by atoms with Gasteiger partial charge >= 0.3 is 0 Å². The molecule has 0 bridgehead atoms. The molecule has 2 heterocycles. The quantitative estimate of drug-likeness (QED) is 0.677. The minimum atomic E-state index is -0.335. The van der Waals surface area contributed by atoms with E-state index in [0.29, 0.717) is 27.9 Å². The van der Waals surface area contributed by atoms with Gasteiger partial charge in [-0.1, -0.05) is 0 Å². The Labute approximate surface area is 127 Å². The largest absolute Gasteiger partial charge is 0.319 e. The third-order valence-corrected chi connectivity index (χ3v) is 3.94. The van der Waals surface area contributed by atoms with Gasteiger partial charge < -0.3 is 9.13 Å². The number of benzene rings is 1. The smallest absolute Gasteiger partial charge is 0.152 e. The Morgan fingerprint density at radius 1 is 1.35 bits per heavy atom. The predicted molar refractivity (Wildman–Crippen MR) is 77.1 cm³/mol. The number of hydrogen-bond donors (Lipinski definition) is 0. The van der Waals surface area contributed by atoms with Gasteiger partial charge in [-0.25, -0.2) is 9.37 Å². The zero-order valence-electron chi connectivity index (χ0n) is 10.5. The van der Waals surface area contributed by atoms with Crippen LogP contribution in [-0.2, 0) is 19.5 Å². The van der Waals surface area contributed by atoms with Gasteiger partial charge in [0.15, 0.2) is 5.82 Å². The van der Waals surface area contributed by atoms with E-state index in [9.17, 15) is 4.39 Å². The Kier molecular flexibility index (Phi) is 3.47. The van der Waals surface area contributed by atoms with E-state index < -0.39 is 0 Å². The molecule has 3 rings (SSSR count). The summed E-state index contributed by atoms with van der Waals surface area (Å²) in [6, 6.07) is 3.09. The van der Waals surface area contributed by atoms with Crippen LogP contribution in [0.1, 0.15) is 11.6 Å². The summed E-state index contributed by atoms with van der Waals surface area (Å²) < 4.78 is 17.8. The molecule has 3 aromatic rings. The second-order valence-corrected chi connectivity index (χ2v) is 5.48. The van der Waals surface area contributed by atoms with Crippen LogP contribution in [0.25, 0.3) is 11.0 Å². The molecule has 0 fully saturated rings. The van der Waals surface area contributed by atoms with Crippen molar-refractivity contribution in [3.63, 3.8) is 0 Å². The van der Waals surface area contributed by atoms with E-state index >= 15 is 0 Å². The van der Waals surface area contributed by atoms with Gasteiger partial charge in [-0.15, -0.1) is 21.8 Å². The summed E-state index contributed by atoms with van der Waals surface area (Å²) in [5.41, 5.74) is 1.38. The summed E-state index contributed by atoms with van der Waals surface area (Å²) in [7, 11) is 1.85. The fourth-order valence-corrected chi connectivity index (χ4v) is 2.58. The maximum atomic E-state index is 13.7. The fraction of sp³-hybridized carbons (Fsp3) is 0.250. The number of aryl methyl sites for hydroxylation is 1. The van der Waals surface area contributed by atoms with Gasteiger partial charge in [-0.2, -0.15) is 0 Å². The van der Waals surface area contributed by atoms with Crippen molar-refractivity contribution < 1.29 is 4.39 Å². The molecule has 2 aromatic heterocycles. The molecule has 0 amide bonds. The number of rotatable bonds is 3. The minimum Gasteiger partial charge on any atom is -0.319 e. The van der Waals surface area contributed by atoms with Crippen molar-refractivity contribution in [2.45, 2.75) is 12.4 Å². The van der Waals surface area contributed by atoms with E-state index in [2.05, 4.69) is 31.1 Å². The highest BCUT2D eigenvalue weighted by molar-refractivity contribution is 9.10. The molecule has 20 heavy (non-hydrogen) atoms. The first kappa shape index (κ1) is 13.5. The van der Waals surface area contributed by atoms with Crippen LogP contribution in [0, 0.1) is 5.82 Å². The van der Waals surface area contributed by atoms with E-state index in [4.69, 9.17) is 11.6 Å². The lowest BCUT2D eigenvalue weighted by molar-refractivity contribution is 0.621. The van der Waals surface area contributed by atoms with Crippen LogP contribution in [0.15, 0.2) is 22.9 Å². The van der Waals surface area contributed by atoms with Gasteiger partial charge in [-0.05, 0) is 22.0 Å². The Bertz CT molecular complexity index is 782. The Morgan fingerprint density at radius 3 is 2.80 bits per heavy atom. The molecule has 0 unspecified atom stereocenters. The molecule has 0 radical (unpaired) electrons. The first-order chi connectivity index (χ1) is 9.60. The van der Waals surface area contributed by atoms with Crippen molar-refractivity contribution in [1.29, 1.82) is 0 Å². The lowest BCUT2D eigenvalue weighted by atomic mass is 10.3. The highest BCUT2D eigenvalue weighted by Crippen LogP contribution is 2.25. The summed E-state index contributed by atoms with van der Waals surface area (Å²) in [6.45, 7) is 0.441. The first-order valence-electron chi connectivity index (χ1n) is 5.83. The molecule has 0 N–H and O–H groups in total. The predicted octanol–water partition coefficient (Wildman–Crippen LogP) is 2.85. The van der Waals surface area contributed by atoms with Gasteiger partial charge in [0.1, 0.15) is 18.0 Å². The van der Waals surface area contributed by atoms with E-state index in [1.165, 1.54) is 6.07 Å². The molecule has 0 saturated heterocycles. The third kappa shape index (κ3) is 2.20. The van der Waals surface area contributed by atoms with E-state index in [1.807, 2.05) is 11.6 Å². The van der Waals surface area contributed by atoms with Crippen molar-refractivity contribution in [3.8, 4) is 0 Å². The van der Waals surface area contributed by atoms with Crippen molar-refractivity contribution in [1.82, 2.24) is 24.3 Å². The summed E-state index contributed by atoms with van der Waals surface area (Å²) in [6.07, 6.45) is 1.62. The molecule has 0 atom stereocenters. The van der Waals surface area contributed by atoms with Crippen molar-refractivity contribution in [2.24, 2.45) is 7.05 Å². The molecule has 0 aliphatic heterocycles. The SMILES string of the molecule is Cn1cnnc1Cn1c(CCl)nc2cc(Br)c(F)cc21. The van der Waals surface area contributed by atoms with Crippen LogP contribution in [-0.4, -0.2) is 24.3 Å². The van der Waals surface area contributed by atoms with Gasteiger partial charge in [-0.3, -0.25) is 0 Å². The second kappa shape index (κ2) is 5.14. The van der Waals surface area contributed by atoms with Gasteiger partial charge in [0.2, 0.25) is 0 Å². The maximum absolute atomic E-state index is 13.7. The zero-order chi connectivity index (χ0) is 14.3. The first-order valence-corrected chi connectivity index (χ1v) is 7.16. The van der Waals surface area contributed by atoms with Crippen LogP contribution < -0.4 is 0 Å². The Balaban J connectivity index is 2.17. The molecule has 1 aromatic carbocycles. The molecule has 5 nitrogen and oxygen atoms in total. The van der Waals surface area contributed by atoms with Crippen LogP contribution in [0.3, 0.4) is 0 Å². The molecular weight excluding hydrogens is 349 g/mol. The number of alkyl halides is 1. The Hall–Kier alpha value is -1.47. The molecule has 0 saturated carbocycles. The number of fused-ring (bicyclic) bond motifs is 1. The van der Waals surface area contributed by atoms with Crippen LogP contribution in [0.4, 0.5) is 4.39 Å². The molecule has 104 valence electrons. The lowest BCUT2D eigenvalue weighted by Crippen LogP contribution is -2.08. The summed E-state index contributed by atoms with van der Waals surface area (Å²) >= 11 is 9.09. The van der Waals surface area contributed by atoms with Crippen molar-refractivity contribution in [3.05, 3.63) is 40.4 Å². The Morgan fingerprint density at radius 2 is 2.15 bits per heavy atom. The minimum absolute atomic E-state index is 0.242. The van der Waals surface area contributed by atoms with Crippen molar-refractivity contribution in [2.75, 3.05) is 0 Å². The molecule has 0 aliphatic rings.